The summed E-state index contributed by atoms with van der Waals surface area (Å²) in [5.41, 5.74) is 1.27. The standard InChI is InChI=1S/C14H15ClN2O2S/c1-2-5-17-9-16-7-10(17)8-20-11-3-4-13(15)12(6-11)14(18)19/h3-4,6-7,9H,2,5,8H2,1H3,(H,18,19). The molecule has 0 amide bonds. The highest BCUT2D eigenvalue weighted by Gasteiger charge is 2.10. The first-order chi connectivity index (χ1) is 9.61. The van der Waals surface area contributed by atoms with Crippen molar-refractivity contribution >= 4 is 29.3 Å². The smallest absolute Gasteiger partial charge is 0.337 e. The second-order valence-electron chi connectivity index (χ2n) is 4.31. The average molecular weight is 311 g/mol. The highest BCUT2D eigenvalue weighted by atomic mass is 35.5. The second-order valence-corrected chi connectivity index (χ2v) is 5.77. The molecule has 6 heteroatoms. The summed E-state index contributed by atoms with van der Waals surface area (Å²) in [6.45, 7) is 3.06. The number of carboxylic acid groups (broad SMARTS) is 1. The molecule has 20 heavy (non-hydrogen) atoms. The first kappa shape index (κ1) is 14.9. The van der Waals surface area contributed by atoms with Gasteiger partial charge in [-0.05, 0) is 24.6 Å². The Bertz CT molecular complexity index is 613. The van der Waals surface area contributed by atoms with Gasteiger partial charge in [-0.25, -0.2) is 9.78 Å². The zero-order valence-corrected chi connectivity index (χ0v) is 12.6. The molecule has 0 saturated carbocycles. The first-order valence-electron chi connectivity index (χ1n) is 6.26. The lowest BCUT2D eigenvalue weighted by molar-refractivity contribution is 0.0697. The number of halogens is 1. The number of benzene rings is 1. The lowest BCUT2D eigenvalue weighted by Gasteiger charge is -2.07. The SMILES string of the molecule is CCCn1cncc1CSc1ccc(Cl)c(C(=O)O)c1. The molecule has 0 fully saturated rings. The highest BCUT2D eigenvalue weighted by molar-refractivity contribution is 7.98. The van der Waals surface area contributed by atoms with Crippen LogP contribution in [0.1, 0.15) is 29.4 Å². The van der Waals surface area contributed by atoms with E-state index in [0.29, 0.717) is 0 Å². The van der Waals surface area contributed by atoms with Crippen LogP contribution in [0.15, 0.2) is 35.6 Å². The Morgan fingerprint density at radius 2 is 2.30 bits per heavy atom. The van der Waals surface area contributed by atoms with Gasteiger partial charge >= 0.3 is 5.97 Å². The van der Waals surface area contributed by atoms with Crippen LogP contribution in [0.4, 0.5) is 0 Å². The van der Waals surface area contributed by atoms with Gasteiger partial charge < -0.3 is 9.67 Å². The molecule has 0 bridgehead atoms. The molecule has 0 saturated heterocycles. The number of thioether (sulfide) groups is 1. The van der Waals surface area contributed by atoms with Gasteiger partial charge in [0, 0.05) is 29.1 Å². The Labute approximate surface area is 126 Å². The number of aromatic nitrogens is 2. The van der Waals surface area contributed by atoms with Crippen molar-refractivity contribution in [2.24, 2.45) is 0 Å². The van der Waals surface area contributed by atoms with Gasteiger partial charge in [0.2, 0.25) is 0 Å². The van der Waals surface area contributed by atoms with E-state index in [2.05, 4.69) is 16.5 Å². The summed E-state index contributed by atoms with van der Waals surface area (Å²) >= 11 is 7.43. The van der Waals surface area contributed by atoms with Crippen LogP contribution >= 0.6 is 23.4 Å². The van der Waals surface area contributed by atoms with Crippen LogP contribution in [-0.4, -0.2) is 20.6 Å². The number of hydrogen-bond acceptors (Lipinski definition) is 3. The molecule has 1 heterocycles. The van der Waals surface area contributed by atoms with Crippen LogP contribution in [0, 0.1) is 0 Å². The molecule has 2 aromatic rings. The highest BCUT2D eigenvalue weighted by Crippen LogP contribution is 2.27. The Morgan fingerprint density at radius 1 is 1.50 bits per heavy atom. The third kappa shape index (κ3) is 3.55. The van der Waals surface area contributed by atoms with Gasteiger partial charge in [0.1, 0.15) is 0 Å². The van der Waals surface area contributed by atoms with Crippen molar-refractivity contribution in [1.82, 2.24) is 9.55 Å². The van der Waals surface area contributed by atoms with E-state index in [-0.39, 0.29) is 10.6 Å². The molecule has 0 atom stereocenters. The Balaban J connectivity index is 2.09. The van der Waals surface area contributed by atoms with Crippen molar-refractivity contribution in [2.45, 2.75) is 30.5 Å². The van der Waals surface area contributed by atoms with Gasteiger partial charge in [-0.15, -0.1) is 11.8 Å². The minimum atomic E-state index is -1.01. The fourth-order valence-electron chi connectivity index (χ4n) is 1.83. The monoisotopic (exact) mass is 310 g/mol. The fourth-order valence-corrected chi connectivity index (χ4v) is 2.94. The van der Waals surface area contributed by atoms with Crippen molar-refractivity contribution in [3.05, 3.63) is 47.0 Å². The molecule has 0 aliphatic rings. The maximum Gasteiger partial charge on any atom is 0.337 e. The fraction of sp³-hybridized carbons (Fsp3) is 0.286. The summed E-state index contributed by atoms with van der Waals surface area (Å²) in [6, 6.07) is 5.06. The van der Waals surface area contributed by atoms with E-state index < -0.39 is 5.97 Å². The van der Waals surface area contributed by atoms with E-state index >= 15 is 0 Å². The van der Waals surface area contributed by atoms with Gasteiger partial charge in [-0.1, -0.05) is 18.5 Å². The van der Waals surface area contributed by atoms with Crippen LogP contribution in [0.5, 0.6) is 0 Å². The van der Waals surface area contributed by atoms with E-state index in [4.69, 9.17) is 16.7 Å². The average Bonchev–Trinajstić information content (AvgIpc) is 2.85. The number of carboxylic acids is 1. The number of imidazole rings is 1. The Morgan fingerprint density at radius 3 is 3.00 bits per heavy atom. The predicted octanol–water partition coefficient (Wildman–Crippen LogP) is 3.94. The van der Waals surface area contributed by atoms with Gasteiger partial charge in [-0.3, -0.25) is 0 Å². The number of hydrogen-bond donors (Lipinski definition) is 1. The minimum absolute atomic E-state index is 0.138. The predicted molar refractivity (Wildman–Crippen MR) is 80.5 cm³/mol. The van der Waals surface area contributed by atoms with Crippen LogP contribution in [-0.2, 0) is 12.3 Å². The van der Waals surface area contributed by atoms with Crippen molar-refractivity contribution in [3.63, 3.8) is 0 Å². The lowest BCUT2D eigenvalue weighted by atomic mass is 10.2. The minimum Gasteiger partial charge on any atom is -0.478 e. The van der Waals surface area contributed by atoms with E-state index in [1.807, 2.05) is 18.6 Å². The molecule has 106 valence electrons. The molecule has 1 N–H and O–H groups in total. The van der Waals surface area contributed by atoms with Crippen LogP contribution in [0.2, 0.25) is 5.02 Å². The van der Waals surface area contributed by atoms with Crippen molar-refractivity contribution in [2.75, 3.05) is 0 Å². The number of carbonyl (C=O) groups is 1. The maximum atomic E-state index is 11.0. The largest absolute Gasteiger partial charge is 0.478 e. The van der Waals surface area contributed by atoms with E-state index in [9.17, 15) is 4.79 Å². The molecular weight excluding hydrogens is 296 g/mol. The molecule has 2 rings (SSSR count). The number of rotatable bonds is 6. The summed E-state index contributed by atoms with van der Waals surface area (Å²) in [4.78, 5) is 16.1. The van der Waals surface area contributed by atoms with E-state index in [1.54, 1.807) is 23.9 Å². The molecule has 1 aromatic heterocycles. The van der Waals surface area contributed by atoms with Crippen LogP contribution < -0.4 is 0 Å². The van der Waals surface area contributed by atoms with Crippen molar-refractivity contribution in [3.8, 4) is 0 Å². The normalized spacial score (nSPS) is 10.7. The molecule has 0 spiro atoms. The van der Waals surface area contributed by atoms with Crippen molar-refractivity contribution in [1.29, 1.82) is 0 Å². The van der Waals surface area contributed by atoms with Crippen molar-refractivity contribution < 1.29 is 9.90 Å². The number of aromatic carboxylic acids is 1. The molecule has 0 radical (unpaired) electrons. The lowest BCUT2D eigenvalue weighted by Crippen LogP contribution is -2.00. The summed E-state index contributed by atoms with van der Waals surface area (Å²) in [7, 11) is 0. The van der Waals surface area contributed by atoms with Gasteiger partial charge in [0.15, 0.2) is 0 Å². The molecule has 0 aliphatic heterocycles. The Hall–Kier alpha value is -1.46. The molecule has 0 aliphatic carbocycles. The zero-order valence-electron chi connectivity index (χ0n) is 11.0. The maximum absolute atomic E-state index is 11.0. The van der Waals surface area contributed by atoms with Gasteiger partial charge in [0.25, 0.3) is 0 Å². The van der Waals surface area contributed by atoms with Crippen LogP contribution in [0.25, 0.3) is 0 Å². The number of nitrogens with zero attached hydrogens (tertiary/aromatic N) is 2. The number of aryl methyl sites for hydroxylation is 1. The second kappa shape index (κ2) is 6.81. The van der Waals surface area contributed by atoms with Crippen LogP contribution in [0.3, 0.4) is 0 Å². The van der Waals surface area contributed by atoms with Gasteiger partial charge in [0.05, 0.1) is 16.9 Å². The Kier molecular flexibility index (Phi) is 5.09. The summed E-state index contributed by atoms with van der Waals surface area (Å²) < 4.78 is 2.11. The quantitative estimate of drug-likeness (QED) is 0.821. The summed E-state index contributed by atoms with van der Waals surface area (Å²) in [6.07, 6.45) is 4.72. The molecule has 1 aromatic carbocycles. The summed E-state index contributed by atoms with van der Waals surface area (Å²) in [5, 5.41) is 9.31. The first-order valence-corrected chi connectivity index (χ1v) is 7.62. The molecular formula is C14H15ClN2O2S. The molecule has 0 unspecified atom stereocenters. The zero-order chi connectivity index (χ0) is 14.5. The van der Waals surface area contributed by atoms with E-state index in [1.165, 1.54) is 0 Å². The van der Waals surface area contributed by atoms with E-state index in [0.717, 1.165) is 29.3 Å². The summed E-state index contributed by atoms with van der Waals surface area (Å²) in [5.74, 6) is -0.255. The topological polar surface area (TPSA) is 55.1 Å². The third-order valence-corrected chi connectivity index (χ3v) is 4.17. The molecule has 4 nitrogen and oxygen atoms in total. The van der Waals surface area contributed by atoms with Gasteiger partial charge in [-0.2, -0.15) is 0 Å². The third-order valence-electron chi connectivity index (χ3n) is 2.82.